The summed E-state index contributed by atoms with van der Waals surface area (Å²) >= 11 is 6.56. The standard InChI is InChI=1S/C17H12BrNOS2/c18-12-3-7-14(8-4-12)22-15-9-5-13(6-10-15)19-17(20)16-2-1-11-21-16/h1-11H,(H,19,20). The molecule has 110 valence electrons. The van der Waals surface area contributed by atoms with E-state index >= 15 is 0 Å². The lowest BCUT2D eigenvalue weighted by Crippen LogP contribution is -2.09. The minimum absolute atomic E-state index is 0.0664. The molecule has 0 unspecified atom stereocenters. The Kier molecular flexibility index (Phi) is 4.97. The molecule has 5 heteroatoms. The molecule has 22 heavy (non-hydrogen) atoms. The van der Waals surface area contributed by atoms with Crippen LogP contribution < -0.4 is 5.32 Å². The van der Waals surface area contributed by atoms with E-state index in [2.05, 4.69) is 33.4 Å². The van der Waals surface area contributed by atoms with Crippen LogP contribution in [0.3, 0.4) is 0 Å². The van der Waals surface area contributed by atoms with Crippen LogP contribution >= 0.6 is 39.0 Å². The molecule has 0 aliphatic heterocycles. The quantitative estimate of drug-likeness (QED) is 0.600. The predicted molar refractivity (Wildman–Crippen MR) is 97.0 cm³/mol. The fraction of sp³-hybridized carbons (Fsp3) is 0. The van der Waals surface area contributed by atoms with Gasteiger partial charge < -0.3 is 5.32 Å². The van der Waals surface area contributed by atoms with Crippen molar-refractivity contribution >= 4 is 50.6 Å². The summed E-state index contributed by atoms with van der Waals surface area (Å²) < 4.78 is 1.07. The van der Waals surface area contributed by atoms with Crippen molar-refractivity contribution in [3.05, 3.63) is 75.4 Å². The molecule has 3 rings (SSSR count). The van der Waals surface area contributed by atoms with Crippen molar-refractivity contribution in [1.82, 2.24) is 0 Å². The molecule has 0 fully saturated rings. The van der Waals surface area contributed by atoms with Gasteiger partial charge in [0.25, 0.3) is 5.91 Å². The molecular weight excluding hydrogens is 378 g/mol. The number of anilines is 1. The van der Waals surface area contributed by atoms with Crippen molar-refractivity contribution in [2.45, 2.75) is 9.79 Å². The topological polar surface area (TPSA) is 29.1 Å². The second-order valence-corrected chi connectivity index (χ2v) is 7.52. The van der Waals surface area contributed by atoms with E-state index in [1.54, 1.807) is 11.8 Å². The monoisotopic (exact) mass is 389 g/mol. The molecule has 0 atom stereocenters. The van der Waals surface area contributed by atoms with Crippen LogP contribution in [0.15, 0.2) is 80.3 Å². The summed E-state index contributed by atoms with van der Waals surface area (Å²) in [5, 5.41) is 4.79. The molecular formula is C17H12BrNOS2. The fourth-order valence-corrected chi connectivity index (χ4v) is 3.55. The van der Waals surface area contributed by atoms with Gasteiger partial charge in [0.15, 0.2) is 0 Å². The van der Waals surface area contributed by atoms with Crippen LogP contribution in [0.25, 0.3) is 0 Å². The van der Waals surface area contributed by atoms with Crippen molar-refractivity contribution in [2.75, 3.05) is 5.32 Å². The maximum Gasteiger partial charge on any atom is 0.265 e. The van der Waals surface area contributed by atoms with Crippen LogP contribution in [0.5, 0.6) is 0 Å². The maximum atomic E-state index is 12.0. The Morgan fingerprint density at radius 3 is 2.18 bits per heavy atom. The zero-order valence-corrected chi connectivity index (χ0v) is 14.7. The molecule has 1 aromatic heterocycles. The molecule has 1 heterocycles. The Morgan fingerprint density at radius 1 is 0.955 bits per heavy atom. The number of thiophene rings is 1. The molecule has 2 aromatic carbocycles. The molecule has 1 amide bonds. The van der Waals surface area contributed by atoms with Crippen LogP contribution in [0, 0.1) is 0 Å². The lowest BCUT2D eigenvalue weighted by atomic mass is 10.3. The van der Waals surface area contributed by atoms with Crippen LogP contribution in [0.1, 0.15) is 9.67 Å². The van der Waals surface area contributed by atoms with E-state index in [1.807, 2.05) is 53.9 Å². The lowest BCUT2D eigenvalue weighted by Gasteiger charge is -2.06. The zero-order valence-electron chi connectivity index (χ0n) is 11.5. The van der Waals surface area contributed by atoms with Crippen LogP contribution in [-0.2, 0) is 0 Å². The number of hydrogen-bond acceptors (Lipinski definition) is 3. The molecule has 1 N–H and O–H groups in total. The summed E-state index contributed by atoms with van der Waals surface area (Å²) in [4.78, 5) is 15.0. The van der Waals surface area contributed by atoms with Crippen molar-refractivity contribution in [3.8, 4) is 0 Å². The number of halogens is 1. The Morgan fingerprint density at radius 2 is 1.59 bits per heavy atom. The maximum absolute atomic E-state index is 12.0. The highest BCUT2D eigenvalue weighted by Gasteiger charge is 2.06. The van der Waals surface area contributed by atoms with Crippen molar-refractivity contribution in [1.29, 1.82) is 0 Å². The molecule has 0 aliphatic rings. The molecule has 2 nitrogen and oxygen atoms in total. The van der Waals surface area contributed by atoms with E-state index in [1.165, 1.54) is 16.2 Å². The highest BCUT2D eigenvalue weighted by molar-refractivity contribution is 9.10. The van der Waals surface area contributed by atoms with E-state index in [0.29, 0.717) is 4.88 Å². The zero-order chi connectivity index (χ0) is 15.4. The van der Waals surface area contributed by atoms with Gasteiger partial charge in [0, 0.05) is 20.0 Å². The van der Waals surface area contributed by atoms with Crippen LogP contribution in [0.2, 0.25) is 0 Å². The van der Waals surface area contributed by atoms with Gasteiger partial charge in [-0.15, -0.1) is 11.3 Å². The van der Waals surface area contributed by atoms with E-state index in [4.69, 9.17) is 0 Å². The highest BCUT2D eigenvalue weighted by atomic mass is 79.9. The SMILES string of the molecule is O=C(Nc1ccc(Sc2ccc(Br)cc2)cc1)c1cccs1. The smallest absolute Gasteiger partial charge is 0.265 e. The van der Waals surface area contributed by atoms with E-state index in [0.717, 1.165) is 15.1 Å². The van der Waals surface area contributed by atoms with Gasteiger partial charge in [-0.25, -0.2) is 0 Å². The van der Waals surface area contributed by atoms with Crippen molar-refractivity contribution < 1.29 is 4.79 Å². The lowest BCUT2D eigenvalue weighted by molar-refractivity contribution is 0.103. The van der Waals surface area contributed by atoms with Gasteiger partial charge in [0.2, 0.25) is 0 Å². The second kappa shape index (κ2) is 7.13. The fourth-order valence-electron chi connectivity index (χ4n) is 1.85. The van der Waals surface area contributed by atoms with Crippen LogP contribution in [-0.4, -0.2) is 5.91 Å². The normalized spacial score (nSPS) is 10.4. The average Bonchev–Trinajstić information content (AvgIpc) is 3.06. The van der Waals surface area contributed by atoms with Crippen molar-refractivity contribution in [3.63, 3.8) is 0 Å². The van der Waals surface area contributed by atoms with Gasteiger partial charge in [-0.1, -0.05) is 33.8 Å². The molecule has 0 radical (unpaired) electrons. The van der Waals surface area contributed by atoms with Gasteiger partial charge >= 0.3 is 0 Å². The van der Waals surface area contributed by atoms with Gasteiger partial charge in [0.1, 0.15) is 0 Å². The minimum Gasteiger partial charge on any atom is -0.321 e. The summed E-state index contributed by atoms with van der Waals surface area (Å²) in [7, 11) is 0. The summed E-state index contributed by atoms with van der Waals surface area (Å²) in [5.41, 5.74) is 0.804. The number of hydrogen-bond donors (Lipinski definition) is 1. The van der Waals surface area contributed by atoms with E-state index in [9.17, 15) is 4.79 Å². The number of carbonyl (C=O) groups is 1. The largest absolute Gasteiger partial charge is 0.321 e. The first-order valence-electron chi connectivity index (χ1n) is 6.59. The first-order chi connectivity index (χ1) is 10.7. The Hall–Kier alpha value is -1.56. The third-order valence-corrected chi connectivity index (χ3v) is 5.32. The van der Waals surface area contributed by atoms with E-state index < -0.39 is 0 Å². The minimum atomic E-state index is -0.0664. The van der Waals surface area contributed by atoms with Gasteiger partial charge in [-0.05, 0) is 60.0 Å². The summed E-state index contributed by atoms with van der Waals surface area (Å²) in [6.07, 6.45) is 0. The molecule has 0 saturated heterocycles. The average molecular weight is 390 g/mol. The number of rotatable bonds is 4. The third-order valence-electron chi connectivity index (χ3n) is 2.91. The number of benzene rings is 2. The molecule has 3 aromatic rings. The Bertz CT molecular complexity index is 752. The number of amides is 1. The van der Waals surface area contributed by atoms with Gasteiger partial charge in [-0.2, -0.15) is 0 Å². The summed E-state index contributed by atoms with van der Waals surface area (Å²) in [6.45, 7) is 0. The number of nitrogens with one attached hydrogen (secondary N) is 1. The molecule has 0 saturated carbocycles. The molecule has 0 aliphatic carbocycles. The van der Waals surface area contributed by atoms with Crippen molar-refractivity contribution in [2.24, 2.45) is 0 Å². The molecule has 0 spiro atoms. The second-order valence-electron chi connectivity index (χ2n) is 4.51. The number of carbonyl (C=O) groups excluding carboxylic acids is 1. The summed E-state index contributed by atoms with van der Waals surface area (Å²) in [6, 6.07) is 19.8. The molecule has 0 bridgehead atoms. The first-order valence-corrected chi connectivity index (χ1v) is 9.08. The van der Waals surface area contributed by atoms with Gasteiger partial charge in [-0.3, -0.25) is 4.79 Å². The Balaban J connectivity index is 1.65. The predicted octanol–water partition coefficient (Wildman–Crippen LogP) is 5.91. The van der Waals surface area contributed by atoms with E-state index in [-0.39, 0.29) is 5.91 Å². The summed E-state index contributed by atoms with van der Waals surface area (Å²) in [5.74, 6) is -0.0664. The Labute approximate surface area is 145 Å². The first kappa shape index (κ1) is 15.3. The highest BCUT2D eigenvalue weighted by Crippen LogP contribution is 2.29. The third kappa shape index (κ3) is 4.00. The van der Waals surface area contributed by atoms with Crippen LogP contribution in [0.4, 0.5) is 5.69 Å². The van der Waals surface area contributed by atoms with Gasteiger partial charge in [0.05, 0.1) is 4.88 Å².